The van der Waals surface area contributed by atoms with Crippen molar-refractivity contribution in [2.45, 2.75) is 88.1 Å². The number of benzene rings is 2. The van der Waals surface area contributed by atoms with Crippen molar-refractivity contribution < 1.29 is 62.9 Å². The molecular formula is C43H48ClN3O13. The number of aliphatic hydroxyl groups is 2. The lowest BCUT2D eigenvalue weighted by Crippen LogP contribution is -2.68. The predicted molar refractivity (Wildman–Crippen MR) is 217 cm³/mol. The second-order valence-corrected chi connectivity index (χ2v) is 15.8. The highest BCUT2D eigenvalue weighted by Crippen LogP contribution is 2.44. The van der Waals surface area contributed by atoms with E-state index in [2.05, 4.69) is 23.7 Å². The molecule has 0 spiro atoms. The van der Waals surface area contributed by atoms with Crippen molar-refractivity contribution >= 4 is 35.1 Å². The van der Waals surface area contributed by atoms with E-state index in [1.54, 1.807) is 71.0 Å². The number of esters is 2. The Kier molecular flexibility index (Phi) is 12.7. The van der Waals surface area contributed by atoms with Gasteiger partial charge in [-0.15, -0.1) is 0 Å². The predicted octanol–water partition coefficient (Wildman–Crippen LogP) is 3.83. The number of nitrogens with one attached hydrogen (secondary N) is 1. The number of phenols is 1. The van der Waals surface area contributed by atoms with Crippen LogP contribution in [-0.4, -0.2) is 114 Å². The summed E-state index contributed by atoms with van der Waals surface area (Å²) in [4.78, 5) is 41.5. The molecule has 1 saturated heterocycles. The van der Waals surface area contributed by atoms with Crippen molar-refractivity contribution in [3.05, 3.63) is 88.2 Å². The number of ether oxygens (including phenoxy) is 7. The Hall–Kier alpha value is -5.38. The van der Waals surface area contributed by atoms with Gasteiger partial charge in [0.2, 0.25) is 0 Å². The summed E-state index contributed by atoms with van der Waals surface area (Å²) >= 11 is 6.67. The number of hydrogen-bond acceptors (Lipinski definition) is 15. The third-order valence-corrected chi connectivity index (χ3v) is 10.9. The SMILES string of the molecule is C=C1Oc2cc(OC)cc(C(=O)O[C@H]3COC(=O)C[C@H](N)c4cc(O)c(c(Cl)c4)O[C@H](C)C4(O[C@@H]5OC(C)(C)[C@@H](N(C)C)[C@@H](O)[C@H]5O)C=CC=C4C#CC3=CC)c2NC1=O. The largest absolute Gasteiger partial charge is 0.504 e. The van der Waals surface area contributed by atoms with Gasteiger partial charge < -0.3 is 64.4 Å². The van der Waals surface area contributed by atoms with Crippen LogP contribution in [0, 0.1) is 11.8 Å². The number of carbonyl (C=O) groups excluding carboxylic acids is 3. The molecule has 16 nitrogen and oxygen atoms in total. The van der Waals surface area contributed by atoms with Gasteiger partial charge in [0.05, 0.1) is 41.4 Å². The number of halogens is 1. The number of anilines is 1. The number of fused-ring (bicyclic) bond motifs is 11. The van der Waals surface area contributed by atoms with Gasteiger partial charge in [-0.3, -0.25) is 9.59 Å². The molecule has 5 aliphatic rings. The number of methoxy groups -OCH3 is 1. The zero-order valence-electron chi connectivity index (χ0n) is 34.1. The summed E-state index contributed by atoms with van der Waals surface area (Å²) in [7, 11) is 4.90. The first-order valence-electron chi connectivity index (χ1n) is 19.0. The average Bonchev–Trinajstić information content (AvgIpc) is 3.59. The van der Waals surface area contributed by atoms with E-state index in [1.165, 1.54) is 31.4 Å². The molecule has 60 heavy (non-hydrogen) atoms. The van der Waals surface area contributed by atoms with Crippen LogP contribution >= 0.6 is 11.6 Å². The Morgan fingerprint density at radius 2 is 1.88 bits per heavy atom. The maximum Gasteiger partial charge on any atom is 0.341 e. The molecule has 2 aromatic carbocycles. The summed E-state index contributed by atoms with van der Waals surface area (Å²) in [6, 6.07) is 3.93. The second kappa shape index (κ2) is 17.3. The topological polar surface area (TPSA) is 218 Å². The van der Waals surface area contributed by atoms with Gasteiger partial charge in [0.1, 0.15) is 30.7 Å². The molecule has 0 radical (unpaired) electrons. The van der Waals surface area contributed by atoms with E-state index in [1.807, 2.05) is 0 Å². The quantitative estimate of drug-likeness (QED) is 0.159. The van der Waals surface area contributed by atoms with Crippen LogP contribution in [-0.2, 0) is 28.5 Å². The highest BCUT2D eigenvalue weighted by atomic mass is 35.5. The Balaban J connectivity index is 1.43. The van der Waals surface area contributed by atoms with E-state index in [-0.39, 0.29) is 68.2 Å². The number of nitrogens with two attached hydrogens (primary N) is 1. The number of aromatic hydroxyl groups is 1. The van der Waals surface area contributed by atoms with Crippen LogP contribution in [0.5, 0.6) is 23.0 Å². The Labute approximate surface area is 352 Å². The molecule has 17 heteroatoms. The summed E-state index contributed by atoms with van der Waals surface area (Å²) in [5, 5.41) is 36.5. The molecule has 2 bridgehead atoms. The van der Waals surface area contributed by atoms with E-state index in [4.69, 9.17) is 50.5 Å². The monoisotopic (exact) mass is 849 g/mol. The number of aliphatic hydroxyl groups excluding tert-OH is 2. The lowest BCUT2D eigenvalue weighted by molar-refractivity contribution is -0.330. The van der Waals surface area contributed by atoms with Crippen molar-refractivity contribution in [1.82, 2.24) is 4.90 Å². The Bertz CT molecular complexity index is 2220. The maximum atomic E-state index is 14.0. The molecule has 0 saturated carbocycles. The fraction of sp³-hybridized carbons (Fsp3) is 0.419. The number of rotatable bonds is 6. The number of carbonyl (C=O) groups is 3. The Morgan fingerprint density at radius 1 is 1.15 bits per heavy atom. The zero-order chi connectivity index (χ0) is 43.8. The average molecular weight is 850 g/mol. The van der Waals surface area contributed by atoms with Crippen molar-refractivity contribution in [1.29, 1.82) is 0 Å². The number of phenolic OH excluding ortho intramolecular Hbond substituents is 1. The molecule has 4 heterocycles. The molecule has 8 atom stereocenters. The summed E-state index contributed by atoms with van der Waals surface area (Å²) < 4.78 is 41.9. The minimum Gasteiger partial charge on any atom is -0.504 e. The summed E-state index contributed by atoms with van der Waals surface area (Å²) in [5.74, 6) is 3.27. The number of allylic oxidation sites excluding steroid dienone is 3. The number of nitrogens with zero attached hydrogens (tertiary/aromatic N) is 1. The first-order valence-corrected chi connectivity index (χ1v) is 19.4. The van der Waals surface area contributed by atoms with Gasteiger partial charge in [-0.05, 0) is 77.7 Å². The van der Waals surface area contributed by atoms with Crippen LogP contribution in [0.1, 0.15) is 56.1 Å². The molecule has 6 N–H and O–H groups in total. The smallest absolute Gasteiger partial charge is 0.341 e. The molecule has 2 aromatic rings. The molecule has 1 fully saturated rings. The molecule has 320 valence electrons. The van der Waals surface area contributed by atoms with Gasteiger partial charge in [-0.25, -0.2) is 4.79 Å². The van der Waals surface area contributed by atoms with E-state index in [0.29, 0.717) is 0 Å². The minimum absolute atomic E-state index is 0.00163. The Morgan fingerprint density at radius 3 is 2.55 bits per heavy atom. The highest BCUT2D eigenvalue weighted by molar-refractivity contribution is 6.32. The summed E-state index contributed by atoms with van der Waals surface area (Å²) in [6.07, 6.45) is -0.581. The molecule has 1 aliphatic carbocycles. The molecule has 4 aliphatic heterocycles. The van der Waals surface area contributed by atoms with Crippen molar-refractivity contribution in [3.63, 3.8) is 0 Å². The van der Waals surface area contributed by atoms with Crippen molar-refractivity contribution in [2.24, 2.45) is 5.73 Å². The van der Waals surface area contributed by atoms with Crippen LogP contribution in [0.2, 0.25) is 5.02 Å². The van der Waals surface area contributed by atoms with Crippen LogP contribution in [0.15, 0.2) is 72.1 Å². The first kappa shape index (κ1) is 44.2. The standard InChI is InChI=1S/C43H48ClN3O13/c1-9-23-12-13-25-11-10-14-43(25,60-41-36(51)35(50)38(47(6)7)42(4,5)59-41)22(3)57-37-28(44)15-24(16-30(37)48)29(45)19-33(49)55-20-32(23)58-40(53)27-17-26(54-8)18-31-34(27)46-39(52)21(2)56-31/h9-11,14-18,22,29,32,35-36,38,41,48,50-51H,2,19-20,45H2,1,3-8H3,(H,46,52)/t22-,29+,32+,35+,36-,38+,41+,43?/m1/s1. The molecule has 1 unspecified atom stereocenters. The fourth-order valence-corrected chi connectivity index (χ4v) is 7.90. The number of likely N-dealkylation sites (N-methyl/N-ethyl adjacent to an activating group) is 1. The van der Waals surface area contributed by atoms with Crippen LogP contribution in [0.25, 0.3) is 0 Å². The van der Waals surface area contributed by atoms with Gasteiger partial charge in [-0.2, -0.15) is 0 Å². The second-order valence-electron chi connectivity index (χ2n) is 15.3. The van der Waals surface area contributed by atoms with Gasteiger partial charge in [0, 0.05) is 23.3 Å². The zero-order valence-corrected chi connectivity index (χ0v) is 34.9. The van der Waals surface area contributed by atoms with E-state index < -0.39 is 78.4 Å². The van der Waals surface area contributed by atoms with Crippen LogP contribution < -0.4 is 25.3 Å². The number of amides is 1. The van der Waals surface area contributed by atoms with Crippen molar-refractivity contribution in [2.75, 3.05) is 33.1 Å². The van der Waals surface area contributed by atoms with Crippen molar-refractivity contribution in [3.8, 4) is 34.8 Å². The number of hydrogen-bond donors (Lipinski definition) is 5. The lowest BCUT2D eigenvalue weighted by Gasteiger charge is -2.51. The van der Waals surface area contributed by atoms with Gasteiger partial charge in [0.15, 0.2) is 41.0 Å². The van der Waals surface area contributed by atoms with E-state index in [9.17, 15) is 29.7 Å². The van der Waals surface area contributed by atoms with Gasteiger partial charge >= 0.3 is 11.9 Å². The molecular weight excluding hydrogens is 802 g/mol. The molecule has 7 rings (SSSR count). The third-order valence-electron chi connectivity index (χ3n) is 10.6. The molecule has 0 aromatic heterocycles. The maximum absolute atomic E-state index is 14.0. The fourth-order valence-electron chi connectivity index (χ4n) is 7.63. The highest BCUT2D eigenvalue weighted by Gasteiger charge is 2.54. The lowest BCUT2D eigenvalue weighted by atomic mass is 9.85. The minimum atomic E-state index is -1.67. The summed E-state index contributed by atoms with van der Waals surface area (Å²) in [6.45, 7) is 9.85. The van der Waals surface area contributed by atoms with Gasteiger partial charge in [0.25, 0.3) is 5.91 Å². The third kappa shape index (κ3) is 8.61. The van der Waals surface area contributed by atoms with E-state index >= 15 is 0 Å². The van der Waals surface area contributed by atoms with Crippen LogP contribution in [0.4, 0.5) is 5.69 Å². The summed E-state index contributed by atoms with van der Waals surface area (Å²) in [5.41, 5.74) is 4.27. The normalized spacial score (nSPS) is 29.5. The molecule has 1 amide bonds. The first-order chi connectivity index (χ1) is 28.3. The van der Waals surface area contributed by atoms with E-state index in [0.717, 1.165) is 0 Å². The van der Waals surface area contributed by atoms with Gasteiger partial charge in [-0.1, -0.05) is 42.2 Å². The van der Waals surface area contributed by atoms with Crippen LogP contribution in [0.3, 0.4) is 0 Å².